The molecule has 0 saturated carbocycles. The number of nitrogen functional groups attached to an aromatic ring is 1. The van der Waals surface area contributed by atoms with Gasteiger partial charge < -0.3 is 32.5 Å². The van der Waals surface area contributed by atoms with Crippen LogP contribution in [-0.2, 0) is 6.18 Å². The Balaban J connectivity index is 0.000000108. The molecule has 20 rings (SSSR count). The fourth-order valence-corrected chi connectivity index (χ4v) is 13.3. The second kappa shape index (κ2) is 33.0. The zero-order chi connectivity index (χ0) is 78.8. The Hall–Kier alpha value is -15.5. The minimum Gasteiger partial charge on any atom is -0.497 e. The lowest BCUT2D eigenvalue weighted by Gasteiger charge is -2.11. The number of rotatable bonds is 11. The number of pyridine rings is 10. The number of nitrogens with two attached hydrogens (primary N) is 1. The summed E-state index contributed by atoms with van der Waals surface area (Å²) in [6.07, 6.45) is 32.5. The maximum Gasteiger partial charge on any atom is 0.416 e. The molecule has 23 heteroatoms. The Morgan fingerprint density at radius 1 is 0.270 bits per heavy atom. The second-order valence-corrected chi connectivity index (χ2v) is 26.1. The van der Waals surface area contributed by atoms with Crippen LogP contribution in [0.5, 0.6) is 5.75 Å². The smallest absolute Gasteiger partial charge is 0.416 e. The van der Waals surface area contributed by atoms with E-state index in [-0.39, 0.29) is 5.82 Å². The van der Waals surface area contributed by atoms with Crippen LogP contribution in [0.3, 0.4) is 0 Å². The van der Waals surface area contributed by atoms with Gasteiger partial charge in [0.25, 0.3) is 0 Å². The summed E-state index contributed by atoms with van der Waals surface area (Å²) in [5.74, 6) is -0.657. The summed E-state index contributed by atoms with van der Waals surface area (Å²) in [6.45, 7) is 0. The Bertz CT molecular complexity index is 6780. The Morgan fingerprint density at radius 2 is 0.565 bits per heavy atom. The third-order valence-electron chi connectivity index (χ3n) is 18.8. The normalized spacial score (nSPS) is 11.1. The molecule has 0 spiro atoms. The van der Waals surface area contributed by atoms with Crippen LogP contribution in [0.25, 0.3) is 140 Å². The fourth-order valence-electron chi connectivity index (χ4n) is 13.3. The number of ether oxygens (including phenoxy) is 1. The highest BCUT2D eigenvalue weighted by atomic mass is 19.4. The lowest BCUT2D eigenvalue weighted by atomic mass is 10.00. The molecule has 17 nitrogen and oxygen atoms in total. The van der Waals surface area contributed by atoms with Gasteiger partial charge in [-0.05, 0) is 176 Å². The average molecular weight is 1520 g/mol. The molecule has 0 fully saturated rings. The summed E-state index contributed by atoms with van der Waals surface area (Å²) in [7, 11) is 1.67. The summed E-state index contributed by atoms with van der Waals surface area (Å²) in [5.41, 5.74) is 28.1. The number of alkyl halides is 3. The largest absolute Gasteiger partial charge is 0.497 e. The highest BCUT2D eigenvalue weighted by Crippen LogP contribution is 2.38. The van der Waals surface area contributed by atoms with Crippen molar-refractivity contribution in [1.82, 2.24) is 71.8 Å². The summed E-state index contributed by atoms with van der Waals surface area (Å²) in [6, 6.07) is 69.8. The summed E-state index contributed by atoms with van der Waals surface area (Å²) in [5, 5.41) is 0. The van der Waals surface area contributed by atoms with Crippen molar-refractivity contribution in [3.63, 3.8) is 0 Å². The lowest BCUT2D eigenvalue weighted by molar-refractivity contribution is -0.137. The van der Waals surface area contributed by atoms with E-state index in [0.717, 1.165) is 147 Å². The zero-order valence-electron chi connectivity index (χ0n) is 61.0. The lowest BCUT2D eigenvalue weighted by Crippen LogP contribution is -2.04. The zero-order valence-corrected chi connectivity index (χ0v) is 61.0. The van der Waals surface area contributed by atoms with Gasteiger partial charge in [0.05, 0.1) is 41.1 Å². The van der Waals surface area contributed by atoms with Gasteiger partial charge in [0, 0.05) is 219 Å². The van der Waals surface area contributed by atoms with Gasteiger partial charge >= 0.3 is 6.18 Å². The van der Waals surface area contributed by atoms with Crippen molar-refractivity contribution < 1.29 is 31.1 Å². The molecule has 5 aromatic carbocycles. The first-order chi connectivity index (χ1) is 56.2. The van der Waals surface area contributed by atoms with E-state index in [1.165, 1.54) is 36.4 Å². The molecular formula is C92H64F6N16O. The number of halogens is 6. The minimum atomic E-state index is -4.35. The third kappa shape index (κ3) is 16.7. The summed E-state index contributed by atoms with van der Waals surface area (Å²) >= 11 is 0. The van der Waals surface area contributed by atoms with Gasteiger partial charge in [-0.2, -0.15) is 13.2 Å². The number of hydrogen-bond donors (Lipinski definition) is 1. The quantitative estimate of drug-likeness (QED) is 0.0955. The number of nitrogens with zero attached hydrogens (tertiary/aromatic N) is 15. The first-order valence-corrected chi connectivity index (χ1v) is 36.0. The van der Waals surface area contributed by atoms with Crippen LogP contribution in [0.4, 0.5) is 32.0 Å². The van der Waals surface area contributed by atoms with Crippen molar-refractivity contribution in [1.29, 1.82) is 0 Å². The van der Waals surface area contributed by atoms with Crippen molar-refractivity contribution in [3.8, 4) is 118 Å². The number of methoxy groups -OCH3 is 1. The SMILES string of the molecule is COc1ccc(-c2ncccc2-c2ccc3nccn3c2)cc1.FC(F)(F)c1ccc(-c2ncccc2-c2ccc3nccn3c2)cc1.Fc1cc(F)cc(-c2ncccc2-c2ccc3nccn3c2)c1.Fc1ccc(-c2ncccc2-c2ccc3nccn3c2)cc1.Nc1cccc(-c2ncccc2-c2ccc3nccn3c2)c1. The van der Waals surface area contributed by atoms with E-state index >= 15 is 0 Å². The van der Waals surface area contributed by atoms with Gasteiger partial charge in [0.15, 0.2) is 0 Å². The van der Waals surface area contributed by atoms with Gasteiger partial charge in [-0.25, -0.2) is 38.1 Å². The number of benzene rings is 5. The first-order valence-electron chi connectivity index (χ1n) is 36.0. The topological polar surface area (TPSA) is 186 Å². The molecule has 20 aromatic rings. The molecule has 560 valence electrons. The Kier molecular flexibility index (Phi) is 21.1. The van der Waals surface area contributed by atoms with Crippen molar-refractivity contribution in [2.75, 3.05) is 12.8 Å². The van der Waals surface area contributed by atoms with E-state index in [9.17, 15) is 26.3 Å². The number of aromatic nitrogens is 15. The predicted molar refractivity (Wildman–Crippen MR) is 435 cm³/mol. The van der Waals surface area contributed by atoms with E-state index < -0.39 is 23.4 Å². The molecule has 15 aromatic heterocycles. The van der Waals surface area contributed by atoms with Crippen LogP contribution in [0.2, 0.25) is 0 Å². The van der Waals surface area contributed by atoms with E-state index in [0.29, 0.717) is 22.5 Å². The van der Waals surface area contributed by atoms with Crippen LogP contribution >= 0.6 is 0 Å². The summed E-state index contributed by atoms with van der Waals surface area (Å²) < 4.78 is 93.5. The second-order valence-electron chi connectivity index (χ2n) is 26.1. The van der Waals surface area contributed by atoms with Crippen LogP contribution < -0.4 is 10.5 Å². The fraction of sp³-hybridized carbons (Fsp3) is 0.0217. The van der Waals surface area contributed by atoms with Crippen LogP contribution in [-0.4, -0.2) is 79.0 Å². The number of fused-ring (bicyclic) bond motifs is 5. The number of imidazole rings is 5. The molecule has 0 saturated heterocycles. The Morgan fingerprint density at radius 3 is 0.878 bits per heavy atom. The number of hydrogen-bond acceptors (Lipinski definition) is 12. The minimum absolute atomic E-state index is 0.249. The van der Waals surface area contributed by atoms with Gasteiger partial charge in [-0.15, -0.1) is 0 Å². The van der Waals surface area contributed by atoms with Crippen molar-refractivity contribution in [2.45, 2.75) is 6.18 Å². The third-order valence-corrected chi connectivity index (χ3v) is 18.8. The van der Waals surface area contributed by atoms with E-state index in [1.54, 1.807) is 87.1 Å². The molecule has 2 N–H and O–H groups in total. The van der Waals surface area contributed by atoms with Crippen LogP contribution in [0.15, 0.2) is 361 Å². The van der Waals surface area contributed by atoms with Crippen molar-refractivity contribution in [2.24, 2.45) is 0 Å². The standard InChI is InChI=1S/C19H12F3N3.C19H15N3O.C18H11F2N3.C18H12FN3.C18H14N4/c20-19(21,22)15-6-3-13(4-7-15)18-16(2-1-9-24-18)14-5-8-17-23-10-11-25(17)12-14;1-23-16-7-4-14(5-8-16)19-17(3-2-10-21-19)15-6-9-18-20-11-12-22(18)13-15;19-14-8-13(9-15(20)10-14)18-16(2-1-5-22-18)12-3-4-17-21-6-7-23(17)11-12;19-15-6-3-13(4-7-15)18-16(2-1-9-21-18)14-5-8-17-20-10-11-22(17)12-14;19-15-4-1-3-13(11-15)18-16(5-2-8-21-18)14-6-7-17-20-9-10-22(17)12-14/h1-12H;2-13H,1H3;1-11H;1-12H;1-12H,19H2. The van der Waals surface area contributed by atoms with E-state index in [4.69, 9.17) is 10.5 Å². The highest BCUT2D eigenvalue weighted by Gasteiger charge is 2.30. The van der Waals surface area contributed by atoms with Crippen LogP contribution in [0, 0.1) is 17.5 Å². The van der Waals surface area contributed by atoms with Gasteiger partial charge in [-0.1, -0.05) is 54.6 Å². The molecule has 115 heavy (non-hydrogen) atoms. The molecule has 0 radical (unpaired) electrons. The monoisotopic (exact) mass is 1520 g/mol. The van der Waals surface area contributed by atoms with Gasteiger partial charge in [0.2, 0.25) is 0 Å². The van der Waals surface area contributed by atoms with Crippen molar-refractivity contribution >= 4 is 33.9 Å². The molecule has 15 heterocycles. The van der Waals surface area contributed by atoms with Crippen molar-refractivity contribution in [3.05, 3.63) is 384 Å². The van der Waals surface area contributed by atoms with E-state index in [2.05, 4.69) is 86.5 Å². The maximum atomic E-state index is 13.5. The molecule has 0 aliphatic heterocycles. The molecule has 0 amide bonds. The van der Waals surface area contributed by atoms with Gasteiger partial charge in [-0.3, -0.25) is 24.9 Å². The molecular weight excluding hydrogens is 1460 g/mol. The number of anilines is 1. The van der Waals surface area contributed by atoms with E-state index in [1.807, 2.05) is 211 Å². The average Bonchev–Trinajstić information content (AvgIpc) is 1.80. The Labute approximate surface area is 653 Å². The molecule has 0 atom stereocenters. The highest BCUT2D eigenvalue weighted by molar-refractivity contribution is 5.86. The molecule has 0 aliphatic carbocycles. The molecule has 0 aliphatic rings. The summed E-state index contributed by atoms with van der Waals surface area (Å²) in [4.78, 5) is 43.5. The first kappa shape index (κ1) is 73.6. The van der Waals surface area contributed by atoms with Crippen LogP contribution in [0.1, 0.15) is 5.56 Å². The molecule has 0 bridgehead atoms. The predicted octanol–water partition coefficient (Wildman–Crippen LogP) is 21.3. The molecule has 0 unspecified atom stereocenters. The van der Waals surface area contributed by atoms with Gasteiger partial charge in [0.1, 0.15) is 51.4 Å². The maximum absolute atomic E-state index is 13.5.